The minimum Gasteiger partial charge on any atom is -0.347 e. The first-order valence-corrected chi connectivity index (χ1v) is 8.55. The Balaban J connectivity index is 1.80. The van der Waals surface area contributed by atoms with Crippen molar-refractivity contribution in [3.8, 4) is 0 Å². The smallest absolute Gasteiger partial charge is 0.243 e. The molecule has 0 fully saturated rings. The van der Waals surface area contributed by atoms with Crippen LogP contribution in [0.2, 0.25) is 0 Å². The zero-order chi connectivity index (χ0) is 16.8. The monoisotopic (exact) mass is 330 g/mol. The lowest BCUT2D eigenvalue weighted by Gasteiger charge is -2.13. The van der Waals surface area contributed by atoms with Gasteiger partial charge in [0.2, 0.25) is 11.8 Å². The molecule has 0 atom stereocenters. The molecule has 5 heteroatoms. The summed E-state index contributed by atoms with van der Waals surface area (Å²) in [4.78, 5) is 23.8. The maximum absolute atomic E-state index is 12.0. The van der Waals surface area contributed by atoms with E-state index in [4.69, 9.17) is 0 Å². The van der Waals surface area contributed by atoms with E-state index >= 15 is 0 Å². The third-order valence-corrected chi connectivity index (χ3v) is 4.34. The molecule has 2 aromatic rings. The lowest BCUT2D eigenvalue weighted by Crippen LogP contribution is -2.33. The molecule has 0 aliphatic carbocycles. The van der Waals surface area contributed by atoms with Gasteiger partial charge in [-0.2, -0.15) is 11.3 Å². The van der Waals surface area contributed by atoms with Crippen LogP contribution < -0.4 is 10.6 Å². The second kappa shape index (κ2) is 7.92. The predicted octanol–water partition coefficient (Wildman–Crippen LogP) is 3.36. The summed E-state index contributed by atoms with van der Waals surface area (Å²) in [7, 11) is 0. The zero-order valence-corrected chi connectivity index (χ0v) is 14.5. The van der Waals surface area contributed by atoms with Crippen LogP contribution in [-0.2, 0) is 16.0 Å². The number of aryl methyl sites for hydroxylation is 4. The van der Waals surface area contributed by atoms with Crippen molar-refractivity contribution in [2.24, 2.45) is 0 Å². The van der Waals surface area contributed by atoms with E-state index in [9.17, 15) is 9.59 Å². The van der Waals surface area contributed by atoms with Crippen LogP contribution in [0, 0.1) is 20.8 Å². The van der Waals surface area contributed by atoms with Gasteiger partial charge in [0.15, 0.2) is 0 Å². The van der Waals surface area contributed by atoms with Gasteiger partial charge in [-0.25, -0.2) is 0 Å². The molecule has 0 bridgehead atoms. The van der Waals surface area contributed by atoms with Gasteiger partial charge in [0.1, 0.15) is 0 Å². The first-order valence-electron chi connectivity index (χ1n) is 7.61. The number of hydrogen-bond acceptors (Lipinski definition) is 3. The van der Waals surface area contributed by atoms with E-state index in [1.807, 2.05) is 49.7 Å². The van der Waals surface area contributed by atoms with Gasteiger partial charge in [0, 0.05) is 12.1 Å². The SMILES string of the molecule is Cc1cc(C)c(NC(=O)CNC(=O)CCc2ccsc2)c(C)c1. The van der Waals surface area contributed by atoms with Crippen molar-refractivity contribution in [1.29, 1.82) is 0 Å². The highest BCUT2D eigenvalue weighted by Crippen LogP contribution is 2.21. The highest BCUT2D eigenvalue weighted by molar-refractivity contribution is 7.07. The molecule has 0 radical (unpaired) electrons. The average molecular weight is 330 g/mol. The molecule has 0 aliphatic heterocycles. The van der Waals surface area contributed by atoms with Crippen molar-refractivity contribution >= 4 is 28.8 Å². The Morgan fingerprint density at radius 1 is 1.09 bits per heavy atom. The fourth-order valence-electron chi connectivity index (χ4n) is 2.52. The summed E-state index contributed by atoms with van der Waals surface area (Å²) in [5, 5.41) is 9.57. The van der Waals surface area contributed by atoms with Crippen LogP contribution in [0.25, 0.3) is 0 Å². The number of thiophene rings is 1. The van der Waals surface area contributed by atoms with Crippen LogP contribution in [0.15, 0.2) is 29.0 Å². The molecule has 23 heavy (non-hydrogen) atoms. The normalized spacial score (nSPS) is 10.4. The van der Waals surface area contributed by atoms with Gasteiger partial charge in [0.25, 0.3) is 0 Å². The van der Waals surface area contributed by atoms with Gasteiger partial charge in [-0.1, -0.05) is 17.7 Å². The predicted molar refractivity (Wildman–Crippen MR) is 94.9 cm³/mol. The zero-order valence-electron chi connectivity index (χ0n) is 13.7. The first-order chi connectivity index (χ1) is 11.0. The minimum absolute atomic E-state index is 0.00474. The van der Waals surface area contributed by atoms with Crippen LogP contribution >= 0.6 is 11.3 Å². The van der Waals surface area contributed by atoms with Crippen molar-refractivity contribution in [2.75, 3.05) is 11.9 Å². The second-order valence-electron chi connectivity index (χ2n) is 5.73. The molecule has 4 nitrogen and oxygen atoms in total. The van der Waals surface area contributed by atoms with Crippen molar-refractivity contribution in [1.82, 2.24) is 5.32 Å². The Morgan fingerprint density at radius 2 is 1.78 bits per heavy atom. The molecule has 1 aromatic carbocycles. The average Bonchev–Trinajstić information content (AvgIpc) is 3.00. The van der Waals surface area contributed by atoms with Crippen LogP contribution in [0.3, 0.4) is 0 Å². The Kier molecular flexibility index (Phi) is 5.93. The van der Waals surface area contributed by atoms with Gasteiger partial charge in [0.05, 0.1) is 6.54 Å². The fraction of sp³-hybridized carbons (Fsp3) is 0.333. The van der Waals surface area contributed by atoms with Gasteiger partial charge in [-0.3, -0.25) is 9.59 Å². The van der Waals surface area contributed by atoms with E-state index in [0.29, 0.717) is 12.8 Å². The molecule has 0 unspecified atom stereocenters. The third kappa shape index (κ3) is 5.21. The van der Waals surface area contributed by atoms with E-state index in [2.05, 4.69) is 10.6 Å². The topological polar surface area (TPSA) is 58.2 Å². The first kappa shape index (κ1) is 17.2. The van der Waals surface area contributed by atoms with E-state index in [-0.39, 0.29) is 18.4 Å². The molecular formula is C18H22N2O2S. The molecule has 1 heterocycles. The number of hydrogen-bond donors (Lipinski definition) is 2. The summed E-state index contributed by atoms with van der Waals surface area (Å²) in [6, 6.07) is 6.07. The maximum atomic E-state index is 12.0. The molecule has 0 saturated carbocycles. The largest absolute Gasteiger partial charge is 0.347 e. The minimum atomic E-state index is -0.205. The molecule has 0 aliphatic rings. The van der Waals surface area contributed by atoms with Crippen LogP contribution in [0.1, 0.15) is 28.7 Å². The summed E-state index contributed by atoms with van der Waals surface area (Å²) < 4.78 is 0. The third-order valence-electron chi connectivity index (χ3n) is 3.61. The molecule has 122 valence electrons. The number of carbonyl (C=O) groups is 2. The van der Waals surface area contributed by atoms with Crippen molar-refractivity contribution in [3.05, 3.63) is 51.2 Å². The summed E-state index contributed by atoms with van der Waals surface area (Å²) in [6.45, 7) is 5.96. The fourth-order valence-corrected chi connectivity index (χ4v) is 3.22. The number of amides is 2. The van der Waals surface area contributed by atoms with Crippen LogP contribution in [0.5, 0.6) is 0 Å². The number of benzene rings is 1. The molecule has 0 spiro atoms. The van der Waals surface area contributed by atoms with Gasteiger partial charge in [-0.15, -0.1) is 0 Å². The number of carbonyl (C=O) groups excluding carboxylic acids is 2. The standard InChI is InChI=1S/C18H22N2O2S/c1-12-8-13(2)18(14(3)9-12)20-17(22)10-19-16(21)5-4-15-6-7-23-11-15/h6-9,11H,4-5,10H2,1-3H3,(H,19,21)(H,20,22). The molecule has 0 saturated heterocycles. The van der Waals surface area contributed by atoms with E-state index < -0.39 is 0 Å². The Morgan fingerprint density at radius 3 is 2.39 bits per heavy atom. The Labute approximate surface area is 140 Å². The van der Waals surface area contributed by atoms with E-state index in [1.165, 1.54) is 5.56 Å². The molecule has 2 N–H and O–H groups in total. The quantitative estimate of drug-likeness (QED) is 0.853. The molecule has 2 rings (SSSR count). The Hall–Kier alpha value is -2.14. The highest BCUT2D eigenvalue weighted by Gasteiger charge is 2.10. The lowest BCUT2D eigenvalue weighted by atomic mass is 10.1. The molecule has 1 aromatic heterocycles. The van der Waals surface area contributed by atoms with Crippen LogP contribution in [-0.4, -0.2) is 18.4 Å². The number of nitrogens with one attached hydrogen (secondary N) is 2. The van der Waals surface area contributed by atoms with Crippen molar-refractivity contribution < 1.29 is 9.59 Å². The summed E-state index contributed by atoms with van der Waals surface area (Å²) in [5.41, 5.74) is 5.20. The lowest BCUT2D eigenvalue weighted by molar-refractivity contribution is -0.124. The Bertz CT molecular complexity index is 670. The van der Waals surface area contributed by atoms with Gasteiger partial charge < -0.3 is 10.6 Å². The van der Waals surface area contributed by atoms with E-state index in [0.717, 1.165) is 22.4 Å². The summed E-state index contributed by atoms with van der Waals surface area (Å²) >= 11 is 1.62. The van der Waals surface area contributed by atoms with Crippen molar-refractivity contribution in [3.63, 3.8) is 0 Å². The van der Waals surface area contributed by atoms with E-state index in [1.54, 1.807) is 11.3 Å². The highest BCUT2D eigenvalue weighted by atomic mass is 32.1. The van der Waals surface area contributed by atoms with Crippen molar-refractivity contribution in [2.45, 2.75) is 33.6 Å². The summed E-state index contributed by atoms with van der Waals surface area (Å²) in [6.07, 6.45) is 1.10. The maximum Gasteiger partial charge on any atom is 0.243 e. The number of rotatable bonds is 6. The molecular weight excluding hydrogens is 308 g/mol. The van der Waals surface area contributed by atoms with Crippen LogP contribution in [0.4, 0.5) is 5.69 Å². The van der Waals surface area contributed by atoms with Gasteiger partial charge >= 0.3 is 0 Å². The summed E-state index contributed by atoms with van der Waals surface area (Å²) in [5.74, 6) is -0.312. The molecule has 2 amide bonds. The van der Waals surface area contributed by atoms with Gasteiger partial charge in [-0.05, 0) is 60.7 Å². The number of anilines is 1. The second-order valence-corrected chi connectivity index (χ2v) is 6.51.